The molecule has 0 spiro atoms. The molecule has 0 atom stereocenters. The molecule has 10 heteroatoms. The lowest BCUT2D eigenvalue weighted by molar-refractivity contribution is -0.214. The standard InChI is InChI=1S/C19H24N2O8/c1-12(22)21(15-4-6-20-7-5-15)10-16(23)13-2-3-17(29-28-11-19(26)27)14(8-13)9-18(24)25/h2-3,8,15,20H,4-7,9-11H2,1H3,(H,24,25)(H,26,27). The third-order valence-electron chi connectivity index (χ3n) is 4.52. The van der Waals surface area contributed by atoms with Gasteiger partial charge in [0, 0.05) is 24.1 Å². The van der Waals surface area contributed by atoms with Crippen molar-refractivity contribution in [1.29, 1.82) is 0 Å². The summed E-state index contributed by atoms with van der Waals surface area (Å²) in [6, 6.07) is 4.10. The average molecular weight is 408 g/mol. The summed E-state index contributed by atoms with van der Waals surface area (Å²) in [6.45, 7) is 2.13. The van der Waals surface area contributed by atoms with Crippen LogP contribution in [-0.2, 0) is 25.7 Å². The number of piperidine rings is 1. The molecule has 0 aliphatic carbocycles. The number of carboxylic acids is 2. The van der Waals surface area contributed by atoms with Gasteiger partial charge in [0.15, 0.2) is 18.1 Å². The topological polar surface area (TPSA) is 142 Å². The van der Waals surface area contributed by atoms with E-state index in [1.165, 1.54) is 25.1 Å². The summed E-state index contributed by atoms with van der Waals surface area (Å²) in [6.07, 6.45) is 1.06. The number of hydrogen-bond donors (Lipinski definition) is 3. The number of carbonyl (C=O) groups excluding carboxylic acids is 2. The number of nitrogens with one attached hydrogen (secondary N) is 1. The van der Waals surface area contributed by atoms with Gasteiger partial charge < -0.3 is 25.3 Å². The first kappa shape index (κ1) is 22.3. The largest absolute Gasteiger partial charge is 0.481 e. The fourth-order valence-corrected chi connectivity index (χ4v) is 3.14. The summed E-state index contributed by atoms with van der Waals surface area (Å²) in [5.41, 5.74) is 0.386. The molecular formula is C19H24N2O8. The molecule has 0 aromatic heterocycles. The van der Waals surface area contributed by atoms with Crippen molar-refractivity contribution in [3.63, 3.8) is 0 Å². The predicted octanol–water partition coefficient (Wildman–Crippen LogP) is 0.492. The van der Waals surface area contributed by atoms with E-state index in [0.29, 0.717) is 0 Å². The number of aliphatic carboxylic acids is 2. The highest BCUT2D eigenvalue weighted by atomic mass is 17.2. The lowest BCUT2D eigenvalue weighted by Gasteiger charge is -2.33. The van der Waals surface area contributed by atoms with Crippen LogP contribution in [-0.4, -0.2) is 71.0 Å². The predicted molar refractivity (Wildman–Crippen MR) is 99.6 cm³/mol. The molecule has 10 nitrogen and oxygen atoms in total. The van der Waals surface area contributed by atoms with E-state index >= 15 is 0 Å². The van der Waals surface area contributed by atoms with E-state index in [-0.39, 0.29) is 41.2 Å². The van der Waals surface area contributed by atoms with Crippen LogP contribution in [0.4, 0.5) is 0 Å². The van der Waals surface area contributed by atoms with E-state index in [9.17, 15) is 19.2 Å². The molecular weight excluding hydrogens is 384 g/mol. The van der Waals surface area contributed by atoms with Gasteiger partial charge in [0.2, 0.25) is 5.91 Å². The summed E-state index contributed by atoms with van der Waals surface area (Å²) in [5.74, 6) is -2.93. The molecule has 0 saturated carbocycles. The zero-order valence-corrected chi connectivity index (χ0v) is 16.1. The molecule has 1 aromatic carbocycles. The Morgan fingerprint density at radius 3 is 2.41 bits per heavy atom. The van der Waals surface area contributed by atoms with Crippen LogP contribution in [0.25, 0.3) is 0 Å². The minimum Gasteiger partial charge on any atom is -0.481 e. The second-order valence-corrected chi connectivity index (χ2v) is 6.68. The Hall–Kier alpha value is -2.98. The number of Topliss-reactive ketones (excluding diaryl/α,β-unsaturated/α-hetero) is 1. The van der Waals surface area contributed by atoms with Crippen LogP contribution in [0.15, 0.2) is 18.2 Å². The summed E-state index contributed by atoms with van der Waals surface area (Å²) in [7, 11) is 0. The molecule has 0 unspecified atom stereocenters. The van der Waals surface area contributed by atoms with Crippen LogP contribution >= 0.6 is 0 Å². The molecule has 0 radical (unpaired) electrons. The normalized spacial score (nSPS) is 14.2. The molecule has 1 saturated heterocycles. The number of nitrogens with zero attached hydrogens (tertiary/aromatic N) is 1. The van der Waals surface area contributed by atoms with Gasteiger partial charge in [-0.15, -0.1) is 0 Å². The quantitative estimate of drug-likeness (QED) is 0.286. The average Bonchev–Trinajstić information content (AvgIpc) is 2.66. The molecule has 1 heterocycles. The molecule has 2 rings (SSSR count). The number of carboxylic acid groups (broad SMARTS) is 2. The Bertz CT molecular complexity index is 773. The van der Waals surface area contributed by atoms with Crippen LogP contribution < -0.4 is 10.2 Å². The van der Waals surface area contributed by atoms with Gasteiger partial charge in [-0.2, -0.15) is 4.89 Å². The molecule has 1 aliphatic rings. The van der Waals surface area contributed by atoms with Crippen LogP contribution in [0.2, 0.25) is 0 Å². The van der Waals surface area contributed by atoms with Crippen LogP contribution in [0.1, 0.15) is 35.7 Å². The monoisotopic (exact) mass is 408 g/mol. The first-order valence-corrected chi connectivity index (χ1v) is 9.15. The van der Waals surface area contributed by atoms with Gasteiger partial charge in [-0.3, -0.25) is 14.4 Å². The second-order valence-electron chi connectivity index (χ2n) is 6.68. The van der Waals surface area contributed by atoms with Gasteiger partial charge in [0.25, 0.3) is 0 Å². The van der Waals surface area contributed by atoms with E-state index in [1.54, 1.807) is 4.90 Å². The van der Waals surface area contributed by atoms with Crippen LogP contribution in [0.5, 0.6) is 5.75 Å². The van der Waals surface area contributed by atoms with E-state index in [2.05, 4.69) is 10.2 Å². The third kappa shape index (κ3) is 6.84. The molecule has 1 aromatic rings. The van der Waals surface area contributed by atoms with Crippen molar-refractivity contribution in [2.75, 3.05) is 26.2 Å². The van der Waals surface area contributed by atoms with Crippen molar-refractivity contribution in [3.05, 3.63) is 29.3 Å². The van der Waals surface area contributed by atoms with Gasteiger partial charge >= 0.3 is 11.9 Å². The summed E-state index contributed by atoms with van der Waals surface area (Å²) >= 11 is 0. The molecule has 158 valence electrons. The molecule has 1 amide bonds. The smallest absolute Gasteiger partial charge is 0.334 e. The summed E-state index contributed by atoms with van der Waals surface area (Å²) < 4.78 is 0. The maximum absolute atomic E-state index is 12.7. The van der Waals surface area contributed by atoms with E-state index < -0.39 is 25.0 Å². The Balaban J connectivity index is 2.16. The Morgan fingerprint density at radius 2 is 1.83 bits per heavy atom. The SMILES string of the molecule is CC(=O)N(CC(=O)c1ccc(OOCC(=O)O)c(CC(=O)O)c1)C1CCNCC1. The molecule has 0 bridgehead atoms. The third-order valence-corrected chi connectivity index (χ3v) is 4.52. The van der Waals surface area contributed by atoms with Crippen molar-refractivity contribution in [2.24, 2.45) is 0 Å². The highest BCUT2D eigenvalue weighted by Gasteiger charge is 2.26. The molecule has 29 heavy (non-hydrogen) atoms. The number of rotatable bonds is 10. The second kappa shape index (κ2) is 10.5. The van der Waals surface area contributed by atoms with E-state index in [1.807, 2.05) is 0 Å². The number of hydrogen-bond acceptors (Lipinski definition) is 7. The number of carbonyl (C=O) groups is 4. The lowest BCUT2D eigenvalue weighted by atomic mass is 10.0. The summed E-state index contributed by atoms with van der Waals surface area (Å²) in [4.78, 5) is 57.4. The van der Waals surface area contributed by atoms with E-state index in [4.69, 9.17) is 15.1 Å². The number of amides is 1. The maximum atomic E-state index is 12.7. The van der Waals surface area contributed by atoms with Gasteiger partial charge in [0.05, 0.1) is 13.0 Å². The molecule has 3 N–H and O–H groups in total. The molecule has 1 fully saturated rings. The van der Waals surface area contributed by atoms with Crippen LogP contribution in [0, 0.1) is 0 Å². The Morgan fingerprint density at radius 1 is 1.14 bits per heavy atom. The lowest BCUT2D eigenvalue weighted by Crippen LogP contribution is -2.47. The zero-order chi connectivity index (χ0) is 21.4. The van der Waals surface area contributed by atoms with Crippen molar-refractivity contribution < 1.29 is 39.2 Å². The highest BCUT2D eigenvalue weighted by molar-refractivity contribution is 5.99. The van der Waals surface area contributed by atoms with Gasteiger partial charge in [-0.25, -0.2) is 4.79 Å². The van der Waals surface area contributed by atoms with Gasteiger partial charge in [-0.1, -0.05) is 0 Å². The van der Waals surface area contributed by atoms with Crippen molar-refractivity contribution in [3.8, 4) is 5.75 Å². The highest BCUT2D eigenvalue weighted by Crippen LogP contribution is 2.22. The summed E-state index contributed by atoms with van der Waals surface area (Å²) in [5, 5.41) is 20.9. The van der Waals surface area contributed by atoms with Crippen molar-refractivity contribution in [2.45, 2.75) is 32.2 Å². The van der Waals surface area contributed by atoms with Crippen molar-refractivity contribution >= 4 is 23.6 Å². The van der Waals surface area contributed by atoms with Gasteiger partial charge in [0.1, 0.15) is 0 Å². The van der Waals surface area contributed by atoms with E-state index in [0.717, 1.165) is 25.9 Å². The fourth-order valence-electron chi connectivity index (χ4n) is 3.14. The van der Waals surface area contributed by atoms with Crippen LogP contribution in [0.3, 0.4) is 0 Å². The molecule has 1 aliphatic heterocycles. The van der Waals surface area contributed by atoms with Gasteiger partial charge in [-0.05, 0) is 44.1 Å². The minimum atomic E-state index is -1.25. The Labute approximate surface area is 167 Å². The first-order valence-electron chi connectivity index (χ1n) is 9.15. The first-order chi connectivity index (χ1) is 13.8. The fraction of sp³-hybridized carbons (Fsp3) is 0.474. The number of ketones is 1. The zero-order valence-electron chi connectivity index (χ0n) is 16.1. The minimum absolute atomic E-state index is 0.00646. The Kier molecular flexibility index (Phi) is 8.10. The number of benzene rings is 1. The van der Waals surface area contributed by atoms with Crippen molar-refractivity contribution in [1.82, 2.24) is 10.2 Å². The maximum Gasteiger partial charge on any atom is 0.334 e.